The highest BCUT2D eigenvalue weighted by Crippen LogP contribution is 2.18. The molecular formula is C29H27N3O2. The van der Waals surface area contributed by atoms with E-state index in [1.54, 1.807) is 30.3 Å². The molecule has 5 N–H and O–H groups in total. The van der Waals surface area contributed by atoms with Gasteiger partial charge >= 0.3 is 0 Å². The van der Waals surface area contributed by atoms with Crippen molar-refractivity contribution >= 4 is 34.8 Å². The smallest absolute Gasteiger partial charge is 0.255 e. The van der Waals surface area contributed by atoms with Crippen LogP contribution < -0.4 is 16.8 Å². The Hall–Kier alpha value is -4.64. The van der Waals surface area contributed by atoms with E-state index >= 15 is 0 Å². The number of benzene rings is 4. The van der Waals surface area contributed by atoms with Crippen molar-refractivity contribution in [2.75, 3.05) is 11.1 Å². The molecule has 0 aliphatic heterocycles. The van der Waals surface area contributed by atoms with Gasteiger partial charge in [0.1, 0.15) is 0 Å². The van der Waals surface area contributed by atoms with E-state index in [0.29, 0.717) is 22.5 Å². The molecule has 0 saturated heterocycles. The fraction of sp³-hybridized carbons (Fsp3) is 0.0345. The predicted molar refractivity (Wildman–Crippen MR) is 140 cm³/mol. The van der Waals surface area contributed by atoms with Crippen LogP contribution in [-0.2, 0) is 4.79 Å². The quantitative estimate of drug-likeness (QED) is 0.212. The summed E-state index contributed by atoms with van der Waals surface area (Å²) in [6, 6.07) is 33.7. The van der Waals surface area contributed by atoms with E-state index < -0.39 is 5.91 Å². The van der Waals surface area contributed by atoms with Crippen LogP contribution in [0.3, 0.4) is 0 Å². The number of hydrogen-bond donors (Lipinski definition) is 3. The number of amides is 2. The van der Waals surface area contributed by atoms with Gasteiger partial charge in [-0.2, -0.15) is 0 Å². The number of aryl methyl sites for hydroxylation is 1. The van der Waals surface area contributed by atoms with Crippen LogP contribution in [0.1, 0.15) is 27.0 Å². The highest BCUT2D eigenvalue weighted by Gasteiger charge is 2.08. The second kappa shape index (κ2) is 11.8. The molecule has 34 heavy (non-hydrogen) atoms. The van der Waals surface area contributed by atoms with Crippen LogP contribution in [0.25, 0.3) is 11.6 Å². The van der Waals surface area contributed by atoms with Crippen molar-refractivity contribution < 1.29 is 9.59 Å². The van der Waals surface area contributed by atoms with Gasteiger partial charge in [0.2, 0.25) is 5.91 Å². The highest BCUT2D eigenvalue weighted by molar-refractivity contribution is 6.23. The van der Waals surface area contributed by atoms with Gasteiger partial charge in [-0.15, -0.1) is 0 Å². The summed E-state index contributed by atoms with van der Waals surface area (Å²) in [5.41, 5.74) is 16.4. The minimum absolute atomic E-state index is 0.150. The molecule has 0 spiro atoms. The van der Waals surface area contributed by atoms with Gasteiger partial charge in [-0.05, 0) is 48.4 Å². The zero-order valence-corrected chi connectivity index (χ0v) is 18.9. The molecule has 0 aliphatic rings. The van der Waals surface area contributed by atoms with E-state index in [2.05, 4.69) is 5.32 Å². The maximum Gasteiger partial charge on any atom is 0.255 e. The molecule has 170 valence electrons. The Balaban J connectivity index is 0.000000191. The molecule has 0 saturated carbocycles. The Kier molecular flexibility index (Phi) is 8.36. The summed E-state index contributed by atoms with van der Waals surface area (Å²) >= 11 is 0. The van der Waals surface area contributed by atoms with E-state index in [4.69, 9.17) is 11.5 Å². The average molecular weight is 450 g/mol. The van der Waals surface area contributed by atoms with Crippen LogP contribution >= 0.6 is 0 Å². The molecule has 0 heterocycles. The highest BCUT2D eigenvalue weighted by atomic mass is 16.2. The summed E-state index contributed by atoms with van der Waals surface area (Å²) in [6.07, 6.45) is 1.80. The van der Waals surface area contributed by atoms with Gasteiger partial charge in [0.25, 0.3) is 5.91 Å². The molecule has 4 aromatic carbocycles. The zero-order chi connectivity index (χ0) is 24.3. The van der Waals surface area contributed by atoms with Crippen molar-refractivity contribution in [3.8, 4) is 0 Å². The van der Waals surface area contributed by atoms with E-state index in [1.165, 1.54) is 0 Å². The summed E-state index contributed by atoms with van der Waals surface area (Å²) in [5, 5.41) is 2.78. The first-order chi connectivity index (χ1) is 16.4. The van der Waals surface area contributed by atoms with Crippen molar-refractivity contribution in [1.29, 1.82) is 0 Å². The number of hydrogen-bond acceptors (Lipinski definition) is 3. The van der Waals surface area contributed by atoms with Gasteiger partial charge in [-0.1, -0.05) is 90.5 Å². The van der Waals surface area contributed by atoms with Crippen molar-refractivity contribution in [1.82, 2.24) is 0 Å². The number of nitrogens with two attached hydrogens (primary N) is 2. The lowest BCUT2D eigenvalue weighted by Gasteiger charge is -2.07. The molecule has 0 radical (unpaired) electrons. The molecule has 0 aromatic heterocycles. The second-order valence-corrected chi connectivity index (χ2v) is 7.61. The Labute approximate surface area is 199 Å². The number of carbonyl (C=O) groups excluding carboxylic acids is 2. The van der Waals surface area contributed by atoms with Crippen molar-refractivity contribution in [2.24, 2.45) is 5.73 Å². The molecule has 0 bridgehead atoms. The molecule has 5 nitrogen and oxygen atoms in total. The monoisotopic (exact) mass is 449 g/mol. The van der Waals surface area contributed by atoms with Crippen LogP contribution in [0.15, 0.2) is 109 Å². The minimum Gasteiger partial charge on any atom is -0.397 e. The number of anilines is 2. The average Bonchev–Trinajstić information content (AvgIpc) is 2.86. The largest absolute Gasteiger partial charge is 0.397 e. The lowest BCUT2D eigenvalue weighted by Crippen LogP contribution is -2.12. The zero-order valence-electron chi connectivity index (χ0n) is 18.9. The standard InChI is InChI=1S/C15H13NO.C14H14N2O/c16-15(17)14(13-9-5-2-6-10-13)11-12-7-3-1-4-8-12;1-10-6-8-11(9-7-10)14(17)16-13-5-3-2-4-12(13)15/h1-11H,(H2,16,17);2-9H,15H2,1H3,(H,16,17)/b14-11+;. The summed E-state index contributed by atoms with van der Waals surface area (Å²) < 4.78 is 0. The molecule has 0 atom stereocenters. The van der Waals surface area contributed by atoms with Gasteiger partial charge in [0.15, 0.2) is 0 Å². The van der Waals surface area contributed by atoms with Crippen LogP contribution in [0.4, 0.5) is 11.4 Å². The lowest BCUT2D eigenvalue weighted by molar-refractivity contribution is -0.112. The van der Waals surface area contributed by atoms with Gasteiger partial charge in [-0.3, -0.25) is 9.59 Å². The fourth-order valence-electron chi connectivity index (χ4n) is 3.14. The molecule has 2 amide bonds. The van der Waals surface area contributed by atoms with Crippen LogP contribution in [0.2, 0.25) is 0 Å². The molecule has 0 fully saturated rings. The maximum absolute atomic E-state index is 11.9. The molecule has 5 heteroatoms. The summed E-state index contributed by atoms with van der Waals surface area (Å²) in [7, 11) is 0. The van der Waals surface area contributed by atoms with E-state index in [-0.39, 0.29) is 5.91 Å². The van der Waals surface area contributed by atoms with Gasteiger partial charge in [0.05, 0.1) is 11.4 Å². The van der Waals surface area contributed by atoms with Crippen LogP contribution in [-0.4, -0.2) is 11.8 Å². The minimum atomic E-state index is -0.417. The van der Waals surface area contributed by atoms with Crippen LogP contribution in [0, 0.1) is 6.92 Å². The van der Waals surface area contributed by atoms with Crippen molar-refractivity contribution in [3.63, 3.8) is 0 Å². The number of para-hydroxylation sites is 2. The second-order valence-electron chi connectivity index (χ2n) is 7.61. The number of rotatable bonds is 5. The third-order valence-electron chi connectivity index (χ3n) is 4.98. The molecular weight excluding hydrogens is 422 g/mol. The lowest BCUT2D eigenvalue weighted by atomic mass is 10.0. The van der Waals surface area contributed by atoms with Crippen molar-refractivity contribution in [2.45, 2.75) is 6.92 Å². The summed E-state index contributed by atoms with van der Waals surface area (Å²) in [6.45, 7) is 1.98. The SMILES string of the molecule is Cc1ccc(C(=O)Nc2ccccc2N)cc1.NC(=O)/C(=C/c1ccccc1)c1ccccc1. The maximum atomic E-state index is 11.9. The molecule has 4 rings (SSSR count). The summed E-state index contributed by atoms with van der Waals surface area (Å²) in [4.78, 5) is 23.4. The number of nitrogens with one attached hydrogen (secondary N) is 1. The third kappa shape index (κ3) is 6.93. The van der Waals surface area contributed by atoms with Gasteiger partial charge in [-0.25, -0.2) is 0 Å². The third-order valence-corrected chi connectivity index (χ3v) is 4.98. The first kappa shape index (κ1) is 24.0. The number of carbonyl (C=O) groups is 2. The number of nitrogen functional groups attached to an aromatic ring is 1. The van der Waals surface area contributed by atoms with E-state index in [0.717, 1.165) is 16.7 Å². The van der Waals surface area contributed by atoms with Gasteiger partial charge in [0, 0.05) is 11.1 Å². The fourth-order valence-corrected chi connectivity index (χ4v) is 3.14. The Morgan fingerprint density at radius 3 is 1.85 bits per heavy atom. The van der Waals surface area contributed by atoms with E-state index in [9.17, 15) is 9.59 Å². The van der Waals surface area contributed by atoms with E-state index in [1.807, 2.05) is 91.9 Å². The summed E-state index contributed by atoms with van der Waals surface area (Å²) in [5.74, 6) is -0.567. The Morgan fingerprint density at radius 1 is 0.706 bits per heavy atom. The predicted octanol–water partition coefficient (Wildman–Crippen LogP) is 5.54. The first-order valence-electron chi connectivity index (χ1n) is 10.8. The molecule has 4 aromatic rings. The Morgan fingerprint density at radius 2 is 1.26 bits per heavy atom. The van der Waals surface area contributed by atoms with Crippen LogP contribution in [0.5, 0.6) is 0 Å². The normalized spacial score (nSPS) is 10.6. The first-order valence-corrected chi connectivity index (χ1v) is 10.8. The number of primary amides is 1. The topological polar surface area (TPSA) is 98.2 Å². The van der Waals surface area contributed by atoms with Crippen molar-refractivity contribution in [3.05, 3.63) is 131 Å². The Bertz CT molecular complexity index is 1270. The molecule has 0 aliphatic carbocycles. The molecule has 0 unspecified atom stereocenters. The van der Waals surface area contributed by atoms with Gasteiger partial charge < -0.3 is 16.8 Å².